The maximum absolute atomic E-state index is 13.2. The quantitative estimate of drug-likeness (QED) is 0.527. The number of aliphatic hydroxyl groups is 1. The third-order valence-corrected chi connectivity index (χ3v) is 9.60. The van der Waals surface area contributed by atoms with Gasteiger partial charge >= 0.3 is 6.09 Å². The minimum absolute atomic E-state index is 0.00808. The van der Waals surface area contributed by atoms with E-state index in [0.717, 1.165) is 48.7 Å². The summed E-state index contributed by atoms with van der Waals surface area (Å²) in [5, 5.41) is 12.9. The van der Waals surface area contributed by atoms with Gasteiger partial charge < -0.3 is 24.2 Å². The zero-order chi connectivity index (χ0) is 28.1. The number of carbonyl (C=O) groups is 1. The lowest BCUT2D eigenvalue weighted by atomic mass is 9.52. The Kier molecular flexibility index (Phi) is 7.02. The Morgan fingerprint density at radius 2 is 1.75 bits per heavy atom. The van der Waals surface area contributed by atoms with Crippen LogP contribution >= 0.6 is 0 Å². The number of likely N-dealkylation sites (tertiary alicyclic amines) is 2. The van der Waals surface area contributed by atoms with Crippen LogP contribution in [0.4, 0.5) is 4.79 Å². The second-order valence-electron chi connectivity index (χ2n) is 13.3. The predicted octanol–water partition coefficient (Wildman–Crippen LogP) is 5.31. The second kappa shape index (κ2) is 10.3. The molecule has 40 heavy (non-hydrogen) atoms. The summed E-state index contributed by atoms with van der Waals surface area (Å²) in [6, 6.07) is 14.4. The summed E-state index contributed by atoms with van der Waals surface area (Å²) in [4.78, 5) is 17.5. The van der Waals surface area contributed by atoms with E-state index in [0.29, 0.717) is 38.3 Å². The Balaban J connectivity index is 1.40. The van der Waals surface area contributed by atoms with Crippen molar-refractivity contribution >= 4 is 6.09 Å². The smallest absolute Gasteiger partial charge is 0.410 e. The lowest BCUT2D eigenvalue weighted by molar-refractivity contribution is -0.149. The SMILES string of the molecule is COc1c(OCc2ccccc2)ccc2c1[C@@]13CCN(C(=O)OC(C)(C)C)CC[C@@]1(O)[C@@H](C2)N(CC1CC1)CC3. The standard InChI is InChI=1S/C33H44N2O5/c1-31(2,3)40-30(36)34-17-14-32-15-18-35(21-23-10-11-23)27(33(32,37)16-19-34)20-25-12-13-26(29(38-4)28(25)32)39-22-24-8-6-5-7-9-24/h5-9,12-13,23,27,37H,10-11,14-22H2,1-4H3/t27-,32+,33-/m1/s1. The van der Waals surface area contributed by atoms with Gasteiger partial charge in [-0.2, -0.15) is 0 Å². The summed E-state index contributed by atoms with van der Waals surface area (Å²) in [6.07, 6.45) is 5.01. The molecule has 2 heterocycles. The fourth-order valence-corrected chi connectivity index (χ4v) is 7.50. The Bertz CT molecular complexity index is 1240. The Morgan fingerprint density at radius 3 is 2.45 bits per heavy atom. The van der Waals surface area contributed by atoms with Crippen LogP contribution in [0.15, 0.2) is 42.5 Å². The molecule has 0 unspecified atom stereocenters. The molecule has 6 rings (SSSR count). The molecule has 216 valence electrons. The average molecular weight is 549 g/mol. The van der Waals surface area contributed by atoms with Crippen molar-refractivity contribution in [3.63, 3.8) is 0 Å². The number of benzene rings is 2. The van der Waals surface area contributed by atoms with Crippen molar-refractivity contribution in [1.29, 1.82) is 0 Å². The van der Waals surface area contributed by atoms with Gasteiger partial charge in [0.1, 0.15) is 12.2 Å². The minimum Gasteiger partial charge on any atom is -0.493 e. The monoisotopic (exact) mass is 548 g/mol. The molecule has 0 radical (unpaired) electrons. The van der Waals surface area contributed by atoms with Crippen LogP contribution in [0.3, 0.4) is 0 Å². The fourth-order valence-electron chi connectivity index (χ4n) is 7.50. The molecule has 4 aliphatic rings. The van der Waals surface area contributed by atoms with Gasteiger partial charge in [-0.05, 0) is 89.0 Å². The van der Waals surface area contributed by atoms with Crippen molar-refractivity contribution in [2.75, 3.05) is 33.3 Å². The zero-order valence-electron chi connectivity index (χ0n) is 24.4. The molecule has 0 aromatic heterocycles. The molecule has 2 aliphatic carbocycles. The van der Waals surface area contributed by atoms with Gasteiger partial charge in [-0.25, -0.2) is 4.79 Å². The molecule has 2 aromatic rings. The molecule has 7 heteroatoms. The second-order valence-corrected chi connectivity index (χ2v) is 13.3. The molecule has 1 N–H and O–H groups in total. The van der Waals surface area contributed by atoms with E-state index in [-0.39, 0.29) is 12.1 Å². The number of ether oxygens (including phenoxy) is 3. The highest BCUT2D eigenvalue weighted by Crippen LogP contribution is 2.59. The van der Waals surface area contributed by atoms with Crippen molar-refractivity contribution in [1.82, 2.24) is 9.80 Å². The molecule has 2 saturated heterocycles. The van der Waals surface area contributed by atoms with Crippen LogP contribution in [-0.2, 0) is 23.2 Å². The lowest BCUT2D eigenvalue weighted by Crippen LogP contribution is -2.71. The molecule has 7 nitrogen and oxygen atoms in total. The van der Waals surface area contributed by atoms with Crippen LogP contribution in [0, 0.1) is 5.92 Å². The first-order valence-corrected chi connectivity index (χ1v) is 14.9. The maximum Gasteiger partial charge on any atom is 0.410 e. The van der Waals surface area contributed by atoms with Crippen molar-refractivity contribution in [2.24, 2.45) is 5.92 Å². The minimum atomic E-state index is -0.991. The van der Waals surface area contributed by atoms with Gasteiger partial charge in [-0.3, -0.25) is 4.90 Å². The largest absolute Gasteiger partial charge is 0.493 e. The number of rotatable bonds is 6. The maximum atomic E-state index is 13.2. The van der Waals surface area contributed by atoms with Gasteiger partial charge in [0.05, 0.1) is 12.7 Å². The van der Waals surface area contributed by atoms with Gasteiger partial charge in [0.25, 0.3) is 0 Å². The fraction of sp³-hybridized carbons (Fsp3) is 0.606. The number of fused-ring (bicyclic) bond motifs is 1. The zero-order valence-corrected chi connectivity index (χ0v) is 24.4. The van der Waals surface area contributed by atoms with E-state index >= 15 is 0 Å². The van der Waals surface area contributed by atoms with Gasteiger partial charge in [0, 0.05) is 36.7 Å². The van der Waals surface area contributed by atoms with E-state index in [2.05, 4.69) is 23.1 Å². The summed E-state index contributed by atoms with van der Waals surface area (Å²) in [6.45, 7) is 9.13. The summed E-state index contributed by atoms with van der Waals surface area (Å²) in [5.41, 5.74) is 1.30. The summed E-state index contributed by atoms with van der Waals surface area (Å²) in [7, 11) is 1.71. The van der Waals surface area contributed by atoms with Crippen LogP contribution in [0.2, 0.25) is 0 Å². The van der Waals surface area contributed by atoms with Gasteiger partial charge in [-0.1, -0.05) is 36.4 Å². The van der Waals surface area contributed by atoms with Crippen LogP contribution < -0.4 is 9.47 Å². The van der Waals surface area contributed by atoms with Crippen molar-refractivity contribution in [3.05, 3.63) is 59.2 Å². The van der Waals surface area contributed by atoms with E-state index in [4.69, 9.17) is 14.2 Å². The molecule has 2 bridgehead atoms. The summed E-state index contributed by atoms with van der Waals surface area (Å²) < 4.78 is 18.3. The lowest BCUT2D eigenvalue weighted by Gasteiger charge is -2.61. The summed E-state index contributed by atoms with van der Waals surface area (Å²) >= 11 is 0. The molecule has 0 spiro atoms. The predicted molar refractivity (Wildman–Crippen MR) is 154 cm³/mol. The summed E-state index contributed by atoms with van der Waals surface area (Å²) in [5.74, 6) is 2.17. The number of carbonyl (C=O) groups excluding carboxylic acids is 1. The van der Waals surface area contributed by atoms with Gasteiger partial charge in [0.15, 0.2) is 11.5 Å². The highest BCUT2D eigenvalue weighted by Gasteiger charge is 2.64. The Morgan fingerprint density at radius 1 is 1.02 bits per heavy atom. The molecule has 2 aliphatic heterocycles. The van der Waals surface area contributed by atoms with Crippen molar-refractivity contribution in [3.8, 4) is 11.5 Å². The molecule has 1 saturated carbocycles. The third-order valence-electron chi connectivity index (χ3n) is 9.60. The number of nitrogens with zero attached hydrogens (tertiary/aromatic N) is 2. The normalized spacial score (nSPS) is 28.2. The first-order valence-electron chi connectivity index (χ1n) is 14.9. The Labute approximate surface area is 238 Å². The number of amides is 1. The highest BCUT2D eigenvalue weighted by molar-refractivity contribution is 5.68. The van der Waals surface area contributed by atoms with Crippen LogP contribution in [-0.4, -0.2) is 71.5 Å². The average Bonchev–Trinajstić information content (AvgIpc) is 3.75. The highest BCUT2D eigenvalue weighted by atomic mass is 16.6. The number of methoxy groups -OCH3 is 1. The molecule has 2 aromatic carbocycles. The van der Waals surface area contributed by atoms with E-state index in [9.17, 15) is 9.90 Å². The van der Waals surface area contributed by atoms with Crippen molar-refractivity contribution < 1.29 is 24.1 Å². The van der Waals surface area contributed by atoms with Gasteiger partial charge in [0.2, 0.25) is 0 Å². The van der Waals surface area contributed by atoms with Crippen LogP contribution in [0.25, 0.3) is 0 Å². The van der Waals surface area contributed by atoms with Crippen LogP contribution in [0.5, 0.6) is 11.5 Å². The van der Waals surface area contributed by atoms with E-state index < -0.39 is 16.6 Å². The molecule has 3 fully saturated rings. The van der Waals surface area contributed by atoms with E-state index in [1.165, 1.54) is 18.4 Å². The Hall–Kier alpha value is -2.77. The third kappa shape index (κ3) is 4.85. The topological polar surface area (TPSA) is 71.5 Å². The molecular formula is C33H44N2O5. The number of piperidine rings is 1. The number of hydrogen-bond donors (Lipinski definition) is 1. The molecular weight excluding hydrogens is 504 g/mol. The molecule has 1 amide bonds. The first-order chi connectivity index (χ1) is 19.1. The van der Waals surface area contributed by atoms with E-state index in [1.54, 1.807) is 12.0 Å². The molecule has 3 atom stereocenters. The first kappa shape index (κ1) is 27.4. The van der Waals surface area contributed by atoms with E-state index in [1.807, 2.05) is 45.0 Å². The van der Waals surface area contributed by atoms with Crippen molar-refractivity contribution in [2.45, 2.75) is 88.6 Å². The number of hydrogen-bond acceptors (Lipinski definition) is 6. The van der Waals surface area contributed by atoms with Gasteiger partial charge in [-0.15, -0.1) is 0 Å². The van der Waals surface area contributed by atoms with Crippen LogP contribution in [0.1, 0.15) is 69.6 Å².